The van der Waals surface area contributed by atoms with Crippen molar-refractivity contribution in [2.75, 3.05) is 38.2 Å². The Morgan fingerprint density at radius 1 is 1.15 bits per heavy atom. The van der Waals surface area contributed by atoms with E-state index in [1.165, 1.54) is 0 Å². The van der Waals surface area contributed by atoms with E-state index in [4.69, 9.17) is 16.3 Å². The number of fused-ring (bicyclic) bond motifs is 1. The van der Waals surface area contributed by atoms with Crippen molar-refractivity contribution in [2.24, 2.45) is 0 Å². The first kappa shape index (κ1) is 17.7. The fourth-order valence-electron chi connectivity index (χ4n) is 3.62. The molecule has 0 unspecified atom stereocenters. The molecule has 0 bridgehead atoms. The molecule has 1 fully saturated rings. The second-order valence-electron chi connectivity index (χ2n) is 6.72. The number of nitrogens with one attached hydrogen (secondary N) is 1. The van der Waals surface area contributed by atoms with Crippen LogP contribution in [0.5, 0.6) is 5.75 Å². The van der Waals surface area contributed by atoms with Crippen molar-refractivity contribution in [2.45, 2.75) is 6.42 Å². The second kappa shape index (κ2) is 7.53. The van der Waals surface area contributed by atoms with Gasteiger partial charge >= 0.3 is 0 Å². The van der Waals surface area contributed by atoms with Gasteiger partial charge in [-0.15, -0.1) is 0 Å². The lowest BCUT2D eigenvalue weighted by Gasteiger charge is -2.36. The Morgan fingerprint density at radius 3 is 2.67 bits per heavy atom. The number of carbonyl (C=O) groups excluding carboxylic acids is 1. The number of aromatic amines is 1. The van der Waals surface area contributed by atoms with Crippen LogP contribution in [0.25, 0.3) is 10.9 Å². The summed E-state index contributed by atoms with van der Waals surface area (Å²) in [7, 11) is 1.61. The van der Waals surface area contributed by atoms with Crippen LogP contribution in [0.1, 0.15) is 5.56 Å². The smallest absolute Gasteiger partial charge is 0.227 e. The van der Waals surface area contributed by atoms with Gasteiger partial charge in [-0.3, -0.25) is 4.79 Å². The molecule has 0 spiro atoms. The van der Waals surface area contributed by atoms with Gasteiger partial charge in [-0.05, 0) is 29.8 Å². The van der Waals surface area contributed by atoms with Crippen LogP contribution in [0.15, 0.2) is 48.7 Å². The SMILES string of the molecule is COc1ccc(N2CCN(C(=O)Cc3c[nH]c4ccccc34)CC2)cc1Cl. The highest BCUT2D eigenvalue weighted by molar-refractivity contribution is 6.32. The van der Waals surface area contributed by atoms with Crippen LogP contribution in [0, 0.1) is 0 Å². The first-order valence-corrected chi connectivity index (χ1v) is 9.45. The number of benzene rings is 2. The zero-order chi connectivity index (χ0) is 18.8. The van der Waals surface area contributed by atoms with Gasteiger partial charge in [0.2, 0.25) is 5.91 Å². The normalized spacial score (nSPS) is 14.6. The number of rotatable bonds is 4. The largest absolute Gasteiger partial charge is 0.495 e. The van der Waals surface area contributed by atoms with E-state index in [9.17, 15) is 4.79 Å². The van der Waals surface area contributed by atoms with Gasteiger partial charge in [0.05, 0.1) is 18.6 Å². The fraction of sp³-hybridized carbons (Fsp3) is 0.286. The van der Waals surface area contributed by atoms with Gasteiger partial charge in [0.15, 0.2) is 0 Å². The molecular weight excluding hydrogens is 362 g/mol. The maximum atomic E-state index is 12.7. The molecule has 1 aromatic heterocycles. The predicted molar refractivity (Wildman–Crippen MR) is 109 cm³/mol. The summed E-state index contributed by atoms with van der Waals surface area (Å²) in [5, 5.41) is 1.73. The molecule has 1 aliphatic heterocycles. The fourth-order valence-corrected chi connectivity index (χ4v) is 3.87. The van der Waals surface area contributed by atoms with Gasteiger partial charge in [0.1, 0.15) is 5.75 Å². The molecular formula is C21H22ClN3O2. The van der Waals surface area contributed by atoms with E-state index in [0.717, 1.165) is 35.2 Å². The first-order valence-electron chi connectivity index (χ1n) is 9.07. The van der Waals surface area contributed by atoms with Crippen LogP contribution in [0.4, 0.5) is 5.69 Å². The van der Waals surface area contributed by atoms with Crippen molar-refractivity contribution in [3.63, 3.8) is 0 Å². The number of carbonyl (C=O) groups is 1. The molecule has 27 heavy (non-hydrogen) atoms. The summed E-state index contributed by atoms with van der Waals surface area (Å²) in [6.45, 7) is 3.01. The third-order valence-corrected chi connectivity index (χ3v) is 5.44. The Hall–Kier alpha value is -2.66. The number of piperazine rings is 1. The van der Waals surface area contributed by atoms with Gasteiger partial charge in [-0.2, -0.15) is 0 Å². The molecule has 5 nitrogen and oxygen atoms in total. The maximum Gasteiger partial charge on any atom is 0.227 e. The minimum absolute atomic E-state index is 0.173. The van der Waals surface area contributed by atoms with Crippen molar-refractivity contribution in [3.05, 3.63) is 59.2 Å². The van der Waals surface area contributed by atoms with Crippen LogP contribution in [-0.4, -0.2) is 49.1 Å². The number of para-hydroxylation sites is 1. The quantitative estimate of drug-likeness (QED) is 0.747. The Morgan fingerprint density at radius 2 is 1.93 bits per heavy atom. The average Bonchev–Trinajstić information content (AvgIpc) is 3.11. The van der Waals surface area contributed by atoms with Gasteiger partial charge in [0.25, 0.3) is 0 Å². The number of H-pyrrole nitrogens is 1. The Balaban J connectivity index is 1.38. The molecule has 1 amide bonds. The van der Waals surface area contributed by atoms with Gasteiger partial charge < -0.3 is 19.5 Å². The van der Waals surface area contributed by atoms with Gasteiger partial charge in [0, 0.05) is 49.0 Å². The Bertz CT molecular complexity index is 961. The molecule has 6 heteroatoms. The topological polar surface area (TPSA) is 48.6 Å². The highest BCUT2D eigenvalue weighted by Crippen LogP contribution is 2.29. The minimum atomic E-state index is 0.173. The Labute approximate surface area is 163 Å². The van der Waals surface area contributed by atoms with Crippen LogP contribution in [0.2, 0.25) is 5.02 Å². The van der Waals surface area contributed by atoms with E-state index in [1.807, 2.05) is 47.5 Å². The number of hydrogen-bond acceptors (Lipinski definition) is 3. The molecule has 0 aliphatic carbocycles. The molecule has 4 rings (SSSR count). The number of aromatic nitrogens is 1. The van der Waals surface area contributed by atoms with Crippen molar-refractivity contribution in [3.8, 4) is 5.75 Å². The van der Waals surface area contributed by atoms with Crippen molar-refractivity contribution in [1.82, 2.24) is 9.88 Å². The number of nitrogens with zero attached hydrogens (tertiary/aromatic N) is 2. The summed E-state index contributed by atoms with van der Waals surface area (Å²) in [6, 6.07) is 13.9. The van der Waals surface area contributed by atoms with Crippen molar-refractivity contribution >= 4 is 34.1 Å². The lowest BCUT2D eigenvalue weighted by atomic mass is 10.1. The van der Waals surface area contributed by atoms with Crippen molar-refractivity contribution < 1.29 is 9.53 Å². The number of methoxy groups -OCH3 is 1. The monoisotopic (exact) mass is 383 g/mol. The summed E-state index contributed by atoms with van der Waals surface area (Å²) in [6.07, 6.45) is 2.37. The zero-order valence-electron chi connectivity index (χ0n) is 15.2. The van der Waals surface area contributed by atoms with Crippen molar-refractivity contribution in [1.29, 1.82) is 0 Å². The van der Waals surface area contributed by atoms with E-state index in [2.05, 4.69) is 16.0 Å². The molecule has 1 saturated heterocycles. The van der Waals surface area contributed by atoms with Gasteiger partial charge in [-0.25, -0.2) is 0 Å². The van der Waals surface area contributed by atoms with Gasteiger partial charge in [-0.1, -0.05) is 29.8 Å². The summed E-state index contributed by atoms with van der Waals surface area (Å²) in [5.41, 5.74) is 3.19. The second-order valence-corrected chi connectivity index (χ2v) is 7.13. The Kier molecular flexibility index (Phi) is 4.94. The molecule has 2 heterocycles. The molecule has 0 atom stereocenters. The summed E-state index contributed by atoms with van der Waals surface area (Å²) >= 11 is 6.24. The molecule has 140 valence electrons. The third-order valence-electron chi connectivity index (χ3n) is 5.15. The van der Waals surface area contributed by atoms with E-state index in [1.54, 1.807) is 7.11 Å². The van der Waals surface area contributed by atoms with E-state index in [-0.39, 0.29) is 5.91 Å². The minimum Gasteiger partial charge on any atom is -0.495 e. The molecule has 2 aromatic carbocycles. The third kappa shape index (κ3) is 3.60. The standard InChI is InChI=1S/C21H22ClN3O2/c1-27-20-7-6-16(13-18(20)22)24-8-10-25(11-9-24)21(26)12-15-14-23-19-5-3-2-4-17(15)19/h2-7,13-14,23H,8-12H2,1H3. The number of anilines is 1. The molecule has 1 aliphatic rings. The average molecular weight is 384 g/mol. The van der Waals surface area contributed by atoms with E-state index < -0.39 is 0 Å². The number of halogens is 1. The number of hydrogen-bond donors (Lipinski definition) is 1. The molecule has 0 saturated carbocycles. The summed E-state index contributed by atoms with van der Waals surface area (Å²) in [5.74, 6) is 0.847. The van der Waals surface area contributed by atoms with E-state index >= 15 is 0 Å². The highest BCUT2D eigenvalue weighted by atomic mass is 35.5. The lowest BCUT2D eigenvalue weighted by Crippen LogP contribution is -2.49. The van der Waals surface area contributed by atoms with Crippen LogP contribution in [0.3, 0.4) is 0 Å². The number of amides is 1. The molecule has 1 N–H and O–H groups in total. The molecule has 0 radical (unpaired) electrons. The number of ether oxygens (including phenoxy) is 1. The highest BCUT2D eigenvalue weighted by Gasteiger charge is 2.22. The first-order chi connectivity index (χ1) is 13.2. The summed E-state index contributed by atoms with van der Waals surface area (Å²) < 4.78 is 5.21. The zero-order valence-corrected chi connectivity index (χ0v) is 16.0. The predicted octanol–water partition coefficient (Wildman–Crippen LogP) is 3.72. The van der Waals surface area contributed by atoms with Crippen LogP contribution in [-0.2, 0) is 11.2 Å². The van der Waals surface area contributed by atoms with Crippen LogP contribution >= 0.6 is 11.6 Å². The summed E-state index contributed by atoms with van der Waals surface area (Å²) in [4.78, 5) is 20.2. The van der Waals surface area contributed by atoms with E-state index in [0.29, 0.717) is 30.3 Å². The maximum absolute atomic E-state index is 12.7. The van der Waals surface area contributed by atoms with Crippen LogP contribution < -0.4 is 9.64 Å². The lowest BCUT2D eigenvalue weighted by molar-refractivity contribution is -0.130. The molecule has 3 aromatic rings.